The quantitative estimate of drug-likeness (QED) is 0.763. The average molecular weight is 275 g/mol. The smallest absolute Gasteiger partial charge is 0.349 e. The summed E-state index contributed by atoms with van der Waals surface area (Å²) in [5.74, 6) is 0.230. The third kappa shape index (κ3) is 1.97. The lowest BCUT2D eigenvalue weighted by Gasteiger charge is -2.10. The van der Waals surface area contributed by atoms with Gasteiger partial charge in [0.2, 0.25) is 0 Å². The number of benzene rings is 1. The van der Waals surface area contributed by atoms with Crippen LogP contribution in [-0.4, -0.2) is 21.7 Å². The van der Waals surface area contributed by atoms with Crippen LogP contribution in [0.25, 0.3) is 11.0 Å². The van der Waals surface area contributed by atoms with Crippen molar-refractivity contribution in [2.24, 2.45) is 15.9 Å². The van der Waals surface area contributed by atoms with Gasteiger partial charge < -0.3 is 15.3 Å². The van der Waals surface area contributed by atoms with Crippen molar-refractivity contribution in [3.8, 4) is 5.75 Å². The molecule has 96 valence electrons. The molecule has 1 aromatic heterocycles. The molecular weight excluding hydrogens is 266 g/mol. The summed E-state index contributed by atoms with van der Waals surface area (Å²) in [7, 11) is 0. The van der Waals surface area contributed by atoms with Crippen molar-refractivity contribution < 1.29 is 9.52 Å². The molecule has 2 aromatic rings. The third-order valence-corrected chi connectivity index (χ3v) is 3.50. The Morgan fingerprint density at radius 2 is 2.11 bits per heavy atom. The van der Waals surface area contributed by atoms with Gasteiger partial charge in [0, 0.05) is 5.75 Å². The summed E-state index contributed by atoms with van der Waals surface area (Å²) in [6.45, 7) is 0. The molecular formula is C12H9N3O3S. The lowest BCUT2D eigenvalue weighted by Crippen LogP contribution is -2.22. The zero-order chi connectivity index (χ0) is 13.4. The van der Waals surface area contributed by atoms with Gasteiger partial charge in [-0.25, -0.2) is 4.79 Å². The van der Waals surface area contributed by atoms with E-state index in [1.54, 1.807) is 24.3 Å². The molecule has 3 rings (SSSR count). The molecule has 3 N–H and O–H groups in total. The fourth-order valence-corrected chi connectivity index (χ4v) is 2.41. The second kappa shape index (κ2) is 4.43. The van der Waals surface area contributed by atoms with Gasteiger partial charge in [-0.1, -0.05) is 23.9 Å². The van der Waals surface area contributed by atoms with Crippen molar-refractivity contribution >= 4 is 33.6 Å². The number of hydrogen-bond donors (Lipinski definition) is 2. The van der Waals surface area contributed by atoms with Gasteiger partial charge in [0.25, 0.3) is 0 Å². The van der Waals surface area contributed by atoms with Crippen LogP contribution in [0.15, 0.2) is 43.7 Å². The number of fused-ring (bicyclic) bond motifs is 1. The van der Waals surface area contributed by atoms with E-state index in [9.17, 15) is 9.90 Å². The summed E-state index contributed by atoms with van der Waals surface area (Å²) in [5.41, 5.74) is 5.59. The maximum atomic E-state index is 11.9. The van der Waals surface area contributed by atoms with Gasteiger partial charge in [0.05, 0.1) is 11.1 Å². The first-order valence-electron chi connectivity index (χ1n) is 5.45. The molecule has 0 bridgehead atoms. The Kier molecular flexibility index (Phi) is 2.75. The largest absolute Gasteiger partial charge is 0.506 e. The van der Waals surface area contributed by atoms with Crippen LogP contribution < -0.4 is 11.4 Å². The summed E-state index contributed by atoms with van der Waals surface area (Å²) >= 11 is 1.25. The zero-order valence-electron chi connectivity index (χ0n) is 9.66. The van der Waals surface area contributed by atoms with Gasteiger partial charge in [-0.15, -0.1) is 5.10 Å². The highest BCUT2D eigenvalue weighted by Gasteiger charge is 2.21. The lowest BCUT2D eigenvalue weighted by atomic mass is 10.1. The van der Waals surface area contributed by atoms with Gasteiger partial charge in [0.15, 0.2) is 5.17 Å². The minimum atomic E-state index is -0.633. The van der Waals surface area contributed by atoms with Crippen LogP contribution in [-0.2, 0) is 0 Å². The van der Waals surface area contributed by atoms with Crippen LogP contribution in [0, 0.1) is 0 Å². The van der Waals surface area contributed by atoms with Crippen molar-refractivity contribution in [1.29, 1.82) is 0 Å². The Morgan fingerprint density at radius 1 is 1.32 bits per heavy atom. The maximum absolute atomic E-state index is 11.9. The Labute approximate surface area is 111 Å². The highest BCUT2D eigenvalue weighted by Crippen LogP contribution is 2.27. The maximum Gasteiger partial charge on any atom is 0.349 e. The number of para-hydroxylation sites is 1. The number of aromatic hydroxyl groups is 1. The summed E-state index contributed by atoms with van der Waals surface area (Å²) < 4.78 is 5.17. The number of nitrogens with two attached hydrogens (primary N) is 1. The molecule has 2 heterocycles. The highest BCUT2D eigenvalue weighted by molar-refractivity contribution is 8.14. The van der Waals surface area contributed by atoms with E-state index in [-0.39, 0.29) is 11.3 Å². The molecule has 19 heavy (non-hydrogen) atoms. The van der Waals surface area contributed by atoms with Crippen LogP contribution in [0.5, 0.6) is 5.75 Å². The molecule has 1 aliphatic rings. The van der Waals surface area contributed by atoms with Crippen molar-refractivity contribution in [2.75, 3.05) is 5.75 Å². The number of hydrogen-bond acceptors (Lipinski definition) is 7. The fraction of sp³-hybridized carbons (Fsp3) is 0.0833. The minimum absolute atomic E-state index is 0.0439. The van der Waals surface area contributed by atoms with Crippen LogP contribution in [0.4, 0.5) is 0 Å². The molecule has 0 fully saturated rings. The Morgan fingerprint density at radius 3 is 2.84 bits per heavy atom. The molecule has 0 aliphatic carbocycles. The molecule has 6 nitrogen and oxygen atoms in total. The van der Waals surface area contributed by atoms with Crippen molar-refractivity contribution in [1.82, 2.24) is 0 Å². The second-order valence-electron chi connectivity index (χ2n) is 3.88. The zero-order valence-corrected chi connectivity index (χ0v) is 10.5. The van der Waals surface area contributed by atoms with Crippen molar-refractivity contribution in [3.63, 3.8) is 0 Å². The number of thioether (sulfide) groups is 1. The van der Waals surface area contributed by atoms with E-state index in [2.05, 4.69) is 10.2 Å². The first-order chi connectivity index (χ1) is 9.16. The first-order valence-corrected chi connectivity index (χ1v) is 6.43. The van der Waals surface area contributed by atoms with E-state index in [1.165, 1.54) is 11.8 Å². The molecule has 0 radical (unpaired) electrons. The topological polar surface area (TPSA) is 101 Å². The van der Waals surface area contributed by atoms with Gasteiger partial charge >= 0.3 is 5.63 Å². The SMILES string of the molecule is NC1=NN=C(c2c(O)c3ccccc3oc2=O)CS1. The normalized spacial score (nSPS) is 15.2. The molecule has 0 saturated heterocycles. The Bertz CT molecular complexity index is 779. The molecule has 0 amide bonds. The standard InChI is InChI=1S/C12H9N3O3S/c13-12-15-14-7(5-19-12)9-10(16)6-3-1-2-4-8(6)18-11(9)17/h1-4,16H,5H2,(H2,13,15). The third-order valence-electron chi connectivity index (χ3n) is 2.70. The van der Waals surface area contributed by atoms with Crippen LogP contribution in [0.3, 0.4) is 0 Å². The van der Waals surface area contributed by atoms with E-state index < -0.39 is 5.63 Å². The number of nitrogens with zero attached hydrogens (tertiary/aromatic N) is 2. The molecule has 0 spiro atoms. The molecule has 7 heteroatoms. The molecule has 1 aromatic carbocycles. The summed E-state index contributed by atoms with van der Waals surface area (Å²) in [6.07, 6.45) is 0. The minimum Gasteiger partial charge on any atom is -0.506 e. The fourth-order valence-electron chi connectivity index (χ4n) is 1.82. The second-order valence-corrected chi connectivity index (χ2v) is 4.88. The Balaban J connectivity index is 2.27. The van der Waals surface area contributed by atoms with E-state index in [1.807, 2.05) is 0 Å². The van der Waals surface area contributed by atoms with Crippen LogP contribution in [0.1, 0.15) is 5.56 Å². The predicted octanol–water partition coefficient (Wildman–Crippen LogP) is 1.26. The molecule has 1 aliphatic heterocycles. The van der Waals surface area contributed by atoms with E-state index >= 15 is 0 Å². The van der Waals surface area contributed by atoms with E-state index in [0.29, 0.717) is 27.6 Å². The van der Waals surface area contributed by atoms with Gasteiger partial charge in [-0.2, -0.15) is 5.10 Å². The van der Waals surface area contributed by atoms with E-state index in [0.717, 1.165) is 0 Å². The molecule has 0 atom stereocenters. The summed E-state index contributed by atoms with van der Waals surface area (Å²) in [4.78, 5) is 11.9. The predicted molar refractivity (Wildman–Crippen MR) is 74.8 cm³/mol. The van der Waals surface area contributed by atoms with Crippen molar-refractivity contribution in [3.05, 3.63) is 40.2 Å². The number of amidine groups is 1. The van der Waals surface area contributed by atoms with E-state index in [4.69, 9.17) is 10.2 Å². The number of rotatable bonds is 1. The molecule has 0 unspecified atom stereocenters. The van der Waals surface area contributed by atoms with Crippen LogP contribution >= 0.6 is 11.8 Å². The van der Waals surface area contributed by atoms with Gasteiger partial charge in [-0.05, 0) is 12.1 Å². The highest BCUT2D eigenvalue weighted by atomic mass is 32.2. The average Bonchev–Trinajstić information content (AvgIpc) is 2.41. The van der Waals surface area contributed by atoms with Gasteiger partial charge in [0.1, 0.15) is 16.9 Å². The molecule has 0 saturated carbocycles. The Hall–Kier alpha value is -2.28. The summed E-state index contributed by atoms with van der Waals surface area (Å²) in [5, 5.41) is 18.6. The van der Waals surface area contributed by atoms with Crippen molar-refractivity contribution in [2.45, 2.75) is 0 Å². The van der Waals surface area contributed by atoms with Crippen LogP contribution in [0.2, 0.25) is 0 Å². The summed E-state index contributed by atoms with van der Waals surface area (Å²) in [6, 6.07) is 6.77. The first kappa shape index (κ1) is 11.8. The lowest BCUT2D eigenvalue weighted by molar-refractivity contribution is 0.466. The monoisotopic (exact) mass is 275 g/mol. The van der Waals surface area contributed by atoms with Gasteiger partial charge in [-0.3, -0.25) is 0 Å².